The second kappa shape index (κ2) is 6.59. The van der Waals surface area contributed by atoms with Crippen LogP contribution < -0.4 is 5.14 Å². The molecule has 0 spiro atoms. The fourth-order valence-corrected chi connectivity index (χ4v) is 4.97. The molecule has 0 aliphatic carbocycles. The Labute approximate surface area is 165 Å². The molecule has 0 aliphatic rings. The number of carboxylic acids is 1. The lowest BCUT2D eigenvalue weighted by molar-refractivity contribution is 0.0703. The number of aromatic carboxylic acids is 1. The standard InChI is InChI=1S/C20H16N2O4S2/c1-11-17(12-2-5-15(6-3-12)28(21,25)26)19(20(23)24)27-18(11)14-4-7-16-13(10-14)8-9-22-16/h2-10,22H,1H3,(H,23,24)(H2,21,25,26). The molecule has 0 bridgehead atoms. The van der Waals surface area contributed by atoms with Gasteiger partial charge in [-0.15, -0.1) is 11.3 Å². The molecule has 2 aromatic heterocycles. The highest BCUT2D eigenvalue weighted by Gasteiger charge is 2.22. The number of hydrogen-bond donors (Lipinski definition) is 3. The van der Waals surface area contributed by atoms with Crippen LogP contribution in [0.2, 0.25) is 0 Å². The lowest BCUT2D eigenvalue weighted by Crippen LogP contribution is -2.11. The van der Waals surface area contributed by atoms with Gasteiger partial charge < -0.3 is 10.1 Å². The third-order valence-corrected chi connectivity index (χ3v) is 6.89. The first kappa shape index (κ1) is 18.4. The maximum absolute atomic E-state index is 11.9. The van der Waals surface area contributed by atoms with Crippen LogP contribution in [0.4, 0.5) is 0 Å². The first-order valence-electron chi connectivity index (χ1n) is 8.33. The van der Waals surface area contributed by atoms with Gasteiger partial charge in [0, 0.05) is 22.2 Å². The summed E-state index contributed by atoms with van der Waals surface area (Å²) in [5.41, 5.74) is 4.00. The summed E-state index contributed by atoms with van der Waals surface area (Å²) in [7, 11) is -3.81. The van der Waals surface area contributed by atoms with E-state index in [0.29, 0.717) is 11.1 Å². The SMILES string of the molecule is Cc1c(-c2ccc3[nH]ccc3c2)sc(C(=O)O)c1-c1ccc(S(N)(=O)=O)cc1. The molecular formula is C20H16N2O4S2. The Morgan fingerprint density at radius 1 is 1.07 bits per heavy atom. The van der Waals surface area contributed by atoms with Gasteiger partial charge in [-0.05, 0) is 59.3 Å². The average molecular weight is 412 g/mol. The van der Waals surface area contributed by atoms with E-state index in [2.05, 4.69) is 4.98 Å². The fourth-order valence-electron chi connectivity index (χ4n) is 3.29. The minimum atomic E-state index is -3.81. The maximum Gasteiger partial charge on any atom is 0.346 e. The maximum atomic E-state index is 11.9. The zero-order chi connectivity index (χ0) is 20.1. The molecule has 0 amide bonds. The number of sulfonamides is 1. The topological polar surface area (TPSA) is 113 Å². The summed E-state index contributed by atoms with van der Waals surface area (Å²) in [5, 5.41) is 15.9. The number of aromatic nitrogens is 1. The number of nitrogens with one attached hydrogen (secondary N) is 1. The van der Waals surface area contributed by atoms with Crippen molar-refractivity contribution >= 4 is 38.2 Å². The van der Waals surface area contributed by atoms with Crippen molar-refractivity contribution in [3.63, 3.8) is 0 Å². The molecule has 8 heteroatoms. The molecule has 6 nitrogen and oxygen atoms in total. The summed E-state index contributed by atoms with van der Waals surface area (Å²) in [6.07, 6.45) is 1.86. The number of nitrogens with two attached hydrogens (primary N) is 1. The van der Waals surface area contributed by atoms with Crippen LogP contribution in [0, 0.1) is 6.92 Å². The molecule has 0 unspecified atom stereocenters. The lowest BCUT2D eigenvalue weighted by atomic mass is 9.98. The minimum absolute atomic E-state index is 0.0147. The van der Waals surface area contributed by atoms with Crippen LogP contribution in [0.25, 0.3) is 32.5 Å². The molecule has 0 fully saturated rings. The molecule has 142 valence electrons. The summed E-state index contributed by atoms with van der Waals surface area (Å²) in [5.74, 6) is -1.02. The Morgan fingerprint density at radius 3 is 2.39 bits per heavy atom. The van der Waals surface area contributed by atoms with Gasteiger partial charge in [0.2, 0.25) is 10.0 Å². The van der Waals surface area contributed by atoms with Crippen LogP contribution >= 0.6 is 11.3 Å². The molecule has 28 heavy (non-hydrogen) atoms. The highest BCUT2D eigenvalue weighted by atomic mass is 32.2. The Balaban J connectivity index is 1.89. The molecule has 0 radical (unpaired) electrons. The van der Waals surface area contributed by atoms with Crippen LogP contribution in [0.5, 0.6) is 0 Å². The molecule has 4 N–H and O–H groups in total. The molecule has 0 aliphatic heterocycles. The van der Waals surface area contributed by atoms with Gasteiger partial charge in [-0.25, -0.2) is 18.4 Å². The van der Waals surface area contributed by atoms with Crippen molar-refractivity contribution in [1.29, 1.82) is 0 Å². The molecule has 0 saturated heterocycles. The summed E-state index contributed by atoms with van der Waals surface area (Å²) in [4.78, 5) is 16.1. The Kier molecular flexibility index (Phi) is 4.34. The van der Waals surface area contributed by atoms with Gasteiger partial charge in [0.1, 0.15) is 4.88 Å². The number of H-pyrrole nitrogens is 1. The van der Waals surface area contributed by atoms with E-state index in [-0.39, 0.29) is 9.77 Å². The summed E-state index contributed by atoms with van der Waals surface area (Å²) < 4.78 is 23.0. The van der Waals surface area contributed by atoms with Crippen LogP contribution in [-0.2, 0) is 10.0 Å². The molecular weight excluding hydrogens is 396 g/mol. The highest BCUT2D eigenvalue weighted by molar-refractivity contribution is 7.89. The second-order valence-corrected chi connectivity index (χ2v) is 9.00. The van der Waals surface area contributed by atoms with E-state index < -0.39 is 16.0 Å². The number of carboxylic acid groups (broad SMARTS) is 1. The monoisotopic (exact) mass is 412 g/mol. The number of fused-ring (bicyclic) bond motifs is 1. The van der Waals surface area contributed by atoms with Gasteiger partial charge in [0.05, 0.1) is 4.90 Å². The molecule has 0 atom stereocenters. The normalized spacial score (nSPS) is 11.8. The Bertz CT molecular complexity index is 1320. The first-order chi connectivity index (χ1) is 13.3. The van der Waals surface area contributed by atoms with Gasteiger partial charge in [0.25, 0.3) is 0 Å². The van der Waals surface area contributed by atoms with Crippen molar-refractivity contribution in [2.45, 2.75) is 11.8 Å². The predicted molar refractivity (Wildman–Crippen MR) is 110 cm³/mol. The summed E-state index contributed by atoms with van der Waals surface area (Å²) in [6, 6.07) is 13.8. The molecule has 2 aromatic carbocycles. The van der Waals surface area contributed by atoms with Gasteiger partial charge in [-0.1, -0.05) is 18.2 Å². The number of primary sulfonamides is 1. The first-order valence-corrected chi connectivity index (χ1v) is 10.7. The van der Waals surface area contributed by atoms with Gasteiger partial charge >= 0.3 is 5.97 Å². The van der Waals surface area contributed by atoms with E-state index in [1.165, 1.54) is 23.5 Å². The Morgan fingerprint density at radius 2 is 1.75 bits per heavy atom. The molecule has 4 rings (SSSR count). The molecule has 4 aromatic rings. The third-order valence-electron chi connectivity index (χ3n) is 4.63. The zero-order valence-corrected chi connectivity index (χ0v) is 16.4. The smallest absolute Gasteiger partial charge is 0.346 e. The minimum Gasteiger partial charge on any atom is -0.477 e. The van der Waals surface area contributed by atoms with Crippen molar-refractivity contribution in [3.05, 3.63) is 65.2 Å². The average Bonchev–Trinajstić information content (AvgIpc) is 3.24. The lowest BCUT2D eigenvalue weighted by Gasteiger charge is -2.06. The van der Waals surface area contributed by atoms with Crippen molar-refractivity contribution in [2.75, 3.05) is 0 Å². The third kappa shape index (κ3) is 3.11. The van der Waals surface area contributed by atoms with Crippen molar-refractivity contribution in [1.82, 2.24) is 4.98 Å². The van der Waals surface area contributed by atoms with Crippen molar-refractivity contribution in [3.8, 4) is 21.6 Å². The predicted octanol–water partition coefficient (Wildman–Crippen LogP) is 4.22. The number of thiophene rings is 1. The van der Waals surface area contributed by atoms with Crippen molar-refractivity contribution in [2.24, 2.45) is 5.14 Å². The van der Waals surface area contributed by atoms with Crippen LogP contribution in [-0.4, -0.2) is 24.5 Å². The van der Waals surface area contributed by atoms with Crippen LogP contribution in [0.3, 0.4) is 0 Å². The van der Waals surface area contributed by atoms with Gasteiger partial charge in [-0.3, -0.25) is 0 Å². The quantitative estimate of drug-likeness (QED) is 0.466. The van der Waals surface area contributed by atoms with Gasteiger partial charge in [-0.2, -0.15) is 0 Å². The number of carbonyl (C=O) groups is 1. The van der Waals surface area contributed by atoms with E-state index in [1.807, 2.05) is 37.4 Å². The van der Waals surface area contributed by atoms with E-state index in [0.717, 1.165) is 26.9 Å². The van der Waals surface area contributed by atoms with E-state index >= 15 is 0 Å². The van der Waals surface area contributed by atoms with Crippen LogP contribution in [0.1, 0.15) is 15.2 Å². The van der Waals surface area contributed by atoms with Crippen LogP contribution in [0.15, 0.2) is 59.6 Å². The van der Waals surface area contributed by atoms with Gasteiger partial charge in [0.15, 0.2) is 0 Å². The van der Waals surface area contributed by atoms with Crippen molar-refractivity contribution < 1.29 is 18.3 Å². The van der Waals surface area contributed by atoms with E-state index in [1.54, 1.807) is 12.1 Å². The number of aromatic amines is 1. The number of benzene rings is 2. The van der Waals surface area contributed by atoms with E-state index in [9.17, 15) is 18.3 Å². The number of hydrogen-bond acceptors (Lipinski definition) is 4. The second-order valence-electron chi connectivity index (χ2n) is 6.41. The summed E-state index contributed by atoms with van der Waals surface area (Å²) >= 11 is 1.21. The largest absolute Gasteiger partial charge is 0.477 e. The molecule has 2 heterocycles. The fraction of sp³-hybridized carbons (Fsp3) is 0.0500. The zero-order valence-electron chi connectivity index (χ0n) is 14.8. The Hall–Kier alpha value is -2.94. The highest BCUT2D eigenvalue weighted by Crippen LogP contribution is 2.42. The molecule has 0 saturated carbocycles. The summed E-state index contributed by atoms with van der Waals surface area (Å²) in [6.45, 7) is 1.88. The number of rotatable bonds is 4. The van der Waals surface area contributed by atoms with E-state index in [4.69, 9.17) is 5.14 Å².